The number of hydrogen-bond donors (Lipinski definition) is 1. The van der Waals surface area contributed by atoms with E-state index in [1.165, 1.54) is 18.3 Å². The number of Topliss-reactive ketones (excluding diaryl/α,β-unsaturated/α-hetero) is 1. The van der Waals surface area contributed by atoms with Crippen LogP contribution in [0, 0.1) is 6.92 Å². The zero-order valence-corrected chi connectivity index (χ0v) is 18.7. The molecule has 1 N–H and O–H groups in total. The Bertz CT molecular complexity index is 1190. The summed E-state index contributed by atoms with van der Waals surface area (Å²) in [4.78, 5) is 27.6. The van der Waals surface area contributed by atoms with E-state index < -0.39 is 17.7 Å². The molecule has 1 aliphatic rings. The van der Waals surface area contributed by atoms with Gasteiger partial charge in [0.25, 0.3) is 11.7 Å². The highest BCUT2D eigenvalue weighted by atomic mass is 16.5. The van der Waals surface area contributed by atoms with Crippen LogP contribution in [0.1, 0.15) is 28.5 Å². The largest absolute Gasteiger partial charge is 0.507 e. The summed E-state index contributed by atoms with van der Waals surface area (Å²) < 4.78 is 16.2. The number of furan rings is 1. The molecule has 1 amide bonds. The lowest BCUT2D eigenvalue weighted by atomic mass is 9.97. The molecule has 7 nitrogen and oxygen atoms in total. The molecule has 2 heterocycles. The number of likely N-dealkylation sites (tertiary alicyclic amines) is 1. The van der Waals surface area contributed by atoms with Crippen LogP contribution in [0.4, 0.5) is 0 Å². The molecule has 1 saturated heterocycles. The molecule has 3 aromatic rings. The summed E-state index contributed by atoms with van der Waals surface area (Å²) in [7, 11) is 3.08. The highest BCUT2D eigenvalue weighted by Crippen LogP contribution is 2.41. The van der Waals surface area contributed by atoms with E-state index >= 15 is 0 Å². The van der Waals surface area contributed by atoms with Gasteiger partial charge in [-0.1, -0.05) is 23.8 Å². The quantitative estimate of drug-likeness (QED) is 0.331. The van der Waals surface area contributed by atoms with Crippen LogP contribution in [0.25, 0.3) is 5.76 Å². The van der Waals surface area contributed by atoms with Crippen LogP contribution in [0.2, 0.25) is 0 Å². The number of ketones is 1. The fraction of sp³-hybridized carbons (Fsp3) is 0.231. The third kappa shape index (κ3) is 4.22. The van der Waals surface area contributed by atoms with Gasteiger partial charge in [-0.05, 0) is 55.3 Å². The number of carbonyl (C=O) groups is 2. The number of aliphatic hydroxyl groups excluding tert-OH is 1. The van der Waals surface area contributed by atoms with Crippen molar-refractivity contribution in [1.82, 2.24) is 4.90 Å². The predicted molar refractivity (Wildman–Crippen MR) is 122 cm³/mol. The van der Waals surface area contributed by atoms with Crippen molar-refractivity contribution in [2.24, 2.45) is 0 Å². The maximum absolute atomic E-state index is 13.1. The van der Waals surface area contributed by atoms with Crippen LogP contribution < -0.4 is 9.47 Å². The van der Waals surface area contributed by atoms with Crippen LogP contribution in [0.15, 0.2) is 70.9 Å². The topological polar surface area (TPSA) is 89.2 Å². The average Bonchev–Trinajstić information content (AvgIpc) is 3.44. The normalized spacial score (nSPS) is 17.4. The van der Waals surface area contributed by atoms with Crippen LogP contribution in [-0.4, -0.2) is 42.5 Å². The minimum atomic E-state index is -0.844. The second kappa shape index (κ2) is 9.24. The van der Waals surface area contributed by atoms with E-state index in [0.717, 1.165) is 16.9 Å². The van der Waals surface area contributed by atoms with Gasteiger partial charge >= 0.3 is 0 Å². The number of ether oxygens (including phenoxy) is 2. The minimum Gasteiger partial charge on any atom is -0.507 e. The van der Waals surface area contributed by atoms with Crippen molar-refractivity contribution in [3.8, 4) is 11.5 Å². The summed E-state index contributed by atoms with van der Waals surface area (Å²) in [6.45, 7) is 2.14. The standard InChI is InChI=1S/C26H25NO6/c1-16-6-11-20(32-3)19(15-16)24(28)22-23(21-5-4-14-33-21)27(26(30)25(22)29)13-12-17-7-9-18(31-2)10-8-17/h4-11,14-15,23,28H,12-13H2,1-3H3/b24-22-. The Balaban J connectivity index is 1.74. The molecule has 170 valence electrons. The first-order chi connectivity index (χ1) is 15.9. The molecule has 4 rings (SSSR count). The molecule has 1 fully saturated rings. The summed E-state index contributed by atoms with van der Waals surface area (Å²) >= 11 is 0. The number of aliphatic hydroxyl groups is 1. The van der Waals surface area contributed by atoms with Crippen LogP contribution in [-0.2, 0) is 16.0 Å². The van der Waals surface area contributed by atoms with Crippen molar-refractivity contribution in [3.05, 3.63) is 88.9 Å². The van der Waals surface area contributed by atoms with Gasteiger partial charge in [-0.25, -0.2) is 0 Å². The van der Waals surface area contributed by atoms with Crippen molar-refractivity contribution < 1.29 is 28.6 Å². The Kier molecular flexibility index (Phi) is 6.22. The highest BCUT2D eigenvalue weighted by Gasteiger charge is 2.47. The molecule has 0 spiro atoms. The molecule has 1 aliphatic heterocycles. The van der Waals surface area contributed by atoms with Gasteiger partial charge in [-0.2, -0.15) is 0 Å². The molecule has 0 bridgehead atoms. The summed E-state index contributed by atoms with van der Waals surface area (Å²) in [6.07, 6.45) is 1.99. The summed E-state index contributed by atoms with van der Waals surface area (Å²) in [5, 5.41) is 11.2. The third-order valence-electron chi connectivity index (χ3n) is 5.76. The zero-order valence-electron chi connectivity index (χ0n) is 18.7. The van der Waals surface area contributed by atoms with E-state index in [0.29, 0.717) is 23.5 Å². The molecule has 2 aromatic carbocycles. The van der Waals surface area contributed by atoms with E-state index in [1.807, 2.05) is 37.3 Å². The SMILES string of the molecule is COc1ccc(CCN2C(=O)C(=O)/C(=C(\O)c3cc(C)ccc3OC)C2c2ccco2)cc1. The molecular weight excluding hydrogens is 422 g/mol. The number of aryl methyl sites for hydroxylation is 1. The second-order valence-corrected chi connectivity index (χ2v) is 7.81. The molecule has 0 radical (unpaired) electrons. The van der Waals surface area contributed by atoms with E-state index in [-0.39, 0.29) is 17.9 Å². The Morgan fingerprint density at radius 1 is 1.06 bits per heavy atom. The number of nitrogens with zero attached hydrogens (tertiary/aromatic N) is 1. The van der Waals surface area contributed by atoms with Gasteiger partial charge in [0.2, 0.25) is 0 Å². The number of hydrogen-bond acceptors (Lipinski definition) is 6. The molecule has 1 unspecified atom stereocenters. The van der Waals surface area contributed by atoms with Crippen LogP contribution in [0.3, 0.4) is 0 Å². The lowest BCUT2D eigenvalue weighted by Crippen LogP contribution is -2.31. The number of benzene rings is 2. The summed E-state index contributed by atoms with van der Waals surface area (Å²) in [5.74, 6) is -0.188. The van der Waals surface area contributed by atoms with Gasteiger partial charge in [0.05, 0.1) is 31.6 Å². The predicted octanol–water partition coefficient (Wildman–Crippen LogP) is 4.27. The van der Waals surface area contributed by atoms with E-state index in [4.69, 9.17) is 13.9 Å². The third-order valence-corrected chi connectivity index (χ3v) is 5.76. The summed E-state index contributed by atoms with van der Waals surface area (Å²) in [6, 6.07) is 15.3. The second-order valence-electron chi connectivity index (χ2n) is 7.81. The van der Waals surface area contributed by atoms with Gasteiger partial charge in [0, 0.05) is 6.54 Å². The first-order valence-electron chi connectivity index (χ1n) is 10.5. The molecule has 7 heteroatoms. The molecule has 1 atom stereocenters. The monoisotopic (exact) mass is 447 g/mol. The van der Waals surface area contributed by atoms with Crippen LogP contribution >= 0.6 is 0 Å². The maximum Gasteiger partial charge on any atom is 0.295 e. The van der Waals surface area contributed by atoms with E-state index in [1.54, 1.807) is 31.4 Å². The van der Waals surface area contributed by atoms with Gasteiger partial charge in [0.15, 0.2) is 0 Å². The average molecular weight is 447 g/mol. The fourth-order valence-electron chi connectivity index (χ4n) is 4.05. The Hall–Kier alpha value is -4.00. The van der Waals surface area contributed by atoms with Crippen molar-refractivity contribution in [3.63, 3.8) is 0 Å². The Labute approximate surface area is 191 Å². The van der Waals surface area contributed by atoms with Crippen molar-refractivity contribution in [2.45, 2.75) is 19.4 Å². The first-order valence-corrected chi connectivity index (χ1v) is 10.5. The Morgan fingerprint density at radius 2 is 1.82 bits per heavy atom. The van der Waals surface area contributed by atoms with Gasteiger partial charge in [-0.3, -0.25) is 9.59 Å². The fourth-order valence-corrected chi connectivity index (χ4v) is 4.05. The highest BCUT2D eigenvalue weighted by molar-refractivity contribution is 6.46. The minimum absolute atomic E-state index is 0.0198. The molecule has 0 aliphatic carbocycles. The lowest BCUT2D eigenvalue weighted by Gasteiger charge is -2.23. The van der Waals surface area contributed by atoms with E-state index in [2.05, 4.69) is 0 Å². The lowest BCUT2D eigenvalue weighted by molar-refractivity contribution is -0.140. The number of amides is 1. The zero-order chi connectivity index (χ0) is 23.5. The van der Waals surface area contributed by atoms with Gasteiger partial charge in [0.1, 0.15) is 29.1 Å². The molecular formula is C26H25NO6. The van der Waals surface area contributed by atoms with Crippen LogP contribution in [0.5, 0.6) is 11.5 Å². The number of methoxy groups -OCH3 is 2. The number of carbonyl (C=O) groups excluding carboxylic acids is 2. The van der Waals surface area contributed by atoms with Crippen molar-refractivity contribution >= 4 is 17.4 Å². The molecule has 0 saturated carbocycles. The number of rotatable bonds is 7. The van der Waals surface area contributed by atoms with Crippen molar-refractivity contribution in [1.29, 1.82) is 0 Å². The van der Waals surface area contributed by atoms with Gasteiger partial charge in [-0.15, -0.1) is 0 Å². The molecule has 33 heavy (non-hydrogen) atoms. The smallest absolute Gasteiger partial charge is 0.295 e. The maximum atomic E-state index is 13.1. The van der Waals surface area contributed by atoms with Crippen molar-refractivity contribution in [2.75, 3.05) is 20.8 Å². The summed E-state index contributed by atoms with van der Waals surface area (Å²) in [5.41, 5.74) is 2.19. The molecule has 1 aromatic heterocycles. The van der Waals surface area contributed by atoms with Gasteiger partial charge < -0.3 is 23.9 Å². The van der Waals surface area contributed by atoms with E-state index in [9.17, 15) is 14.7 Å². The Morgan fingerprint density at radius 3 is 2.45 bits per heavy atom. The first kappa shape index (κ1) is 22.2.